The molecule has 0 fully saturated rings. The molecule has 0 saturated heterocycles. The summed E-state index contributed by atoms with van der Waals surface area (Å²) in [5.74, 6) is -1.88. The number of benzene rings is 2. The lowest BCUT2D eigenvalue weighted by atomic mass is 10.1. The molecule has 1 amide bonds. The van der Waals surface area contributed by atoms with Gasteiger partial charge in [-0.2, -0.15) is 13.2 Å². The van der Waals surface area contributed by atoms with E-state index < -0.39 is 40.3 Å². The van der Waals surface area contributed by atoms with Gasteiger partial charge in [0, 0.05) is 5.39 Å². The van der Waals surface area contributed by atoms with Gasteiger partial charge in [-0.25, -0.2) is 9.18 Å². The highest BCUT2D eigenvalue weighted by Gasteiger charge is 2.31. The molecule has 9 heteroatoms. The van der Waals surface area contributed by atoms with E-state index >= 15 is 0 Å². The molecule has 1 heterocycles. The first kappa shape index (κ1) is 19.4. The second kappa shape index (κ2) is 7.34. The van der Waals surface area contributed by atoms with E-state index in [2.05, 4.69) is 0 Å². The van der Waals surface area contributed by atoms with E-state index in [-0.39, 0.29) is 5.58 Å². The monoisotopic (exact) mass is 395 g/mol. The van der Waals surface area contributed by atoms with Crippen molar-refractivity contribution in [1.82, 2.24) is 0 Å². The number of carbonyl (C=O) groups is 1. The Hall–Kier alpha value is -3.36. The Bertz CT molecular complexity index is 1110. The number of halogens is 4. The maximum atomic E-state index is 13.8. The topological polar surface area (TPSA) is 68.5 Å². The molecule has 0 saturated carbocycles. The third-order valence-electron chi connectivity index (χ3n) is 3.81. The molecule has 0 radical (unpaired) electrons. The molecule has 0 unspecified atom stereocenters. The van der Waals surface area contributed by atoms with Crippen LogP contribution in [0.1, 0.15) is 22.8 Å². The molecule has 28 heavy (non-hydrogen) atoms. The van der Waals surface area contributed by atoms with Crippen LogP contribution < -0.4 is 15.7 Å². The zero-order chi connectivity index (χ0) is 20.5. The summed E-state index contributed by atoms with van der Waals surface area (Å²) in [5.41, 5.74) is -3.25. The average Bonchev–Trinajstić information content (AvgIpc) is 2.63. The summed E-state index contributed by atoms with van der Waals surface area (Å²) in [6.45, 7) is 2.06. The fourth-order valence-electron chi connectivity index (χ4n) is 2.53. The number of fused-ring (bicyclic) bond motifs is 1. The highest BCUT2D eigenvalue weighted by atomic mass is 19.4. The van der Waals surface area contributed by atoms with Crippen molar-refractivity contribution in [2.75, 3.05) is 11.9 Å². The van der Waals surface area contributed by atoms with Crippen LogP contribution in [0.25, 0.3) is 11.0 Å². The number of hydrogen-bond donors (Lipinski definition) is 1. The van der Waals surface area contributed by atoms with E-state index in [1.807, 2.05) is 5.32 Å². The average molecular weight is 395 g/mol. The van der Waals surface area contributed by atoms with Crippen LogP contribution in [0.4, 0.5) is 23.2 Å². The van der Waals surface area contributed by atoms with E-state index in [0.29, 0.717) is 35.9 Å². The lowest BCUT2D eigenvalue weighted by Crippen LogP contribution is -2.21. The number of rotatable bonds is 4. The van der Waals surface area contributed by atoms with Gasteiger partial charge < -0.3 is 14.5 Å². The van der Waals surface area contributed by atoms with Crippen LogP contribution >= 0.6 is 0 Å². The van der Waals surface area contributed by atoms with Crippen molar-refractivity contribution in [2.24, 2.45) is 0 Å². The lowest BCUT2D eigenvalue weighted by molar-refractivity contribution is -0.137. The zero-order valence-corrected chi connectivity index (χ0v) is 14.4. The summed E-state index contributed by atoms with van der Waals surface area (Å²) in [7, 11) is 0. The van der Waals surface area contributed by atoms with Gasteiger partial charge in [-0.05, 0) is 37.3 Å². The van der Waals surface area contributed by atoms with Crippen molar-refractivity contribution in [3.8, 4) is 5.75 Å². The highest BCUT2D eigenvalue weighted by molar-refractivity contribution is 6.05. The van der Waals surface area contributed by atoms with E-state index in [9.17, 15) is 27.2 Å². The van der Waals surface area contributed by atoms with Gasteiger partial charge in [-0.3, -0.25) is 4.79 Å². The molecule has 0 spiro atoms. The number of hydrogen-bond acceptors (Lipinski definition) is 4. The van der Waals surface area contributed by atoms with Crippen LogP contribution in [0.2, 0.25) is 0 Å². The van der Waals surface area contributed by atoms with Crippen molar-refractivity contribution >= 4 is 22.6 Å². The second-order valence-electron chi connectivity index (χ2n) is 5.70. The Morgan fingerprint density at radius 3 is 2.61 bits per heavy atom. The van der Waals surface area contributed by atoms with E-state index in [1.165, 1.54) is 6.07 Å². The van der Waals surface area contributed by atoms with Crippen molar-refractivity contribution in [2.45, 2.75) is 13.1 Å². The first-order valence-corrected chi connectivity index (χ1v) is 8.08. The minimum Gasteiger partial charge on any atom is -0.490 e. The lowest BCUT2D eigenvalue weighted by Gasteiger charge is -2.11. The summed E-state index contributed by atoms with van der Waals surface area (Å²) in [6.07, 6.45) is -4.72. The normalized spacial score (nSPS) is 11.5. The number of alkyl halides is 3. The third-order valence-corrected chi connectivity index (χ3v) is 3.81. The zero-order valence-electron chi connectivity index (χ0n) is 14.4. The largest absolute Gasteiger partial charge is 0.490 e. The predicted molar refractivity (Wildman–Crippen MR) is 93.0 cm³/mol. The third kappa shape index (κ3) is 3.83. The fraction of sp³-hybridized carbons (Fsp3) is 0.158. The number of para-hydroxylation sites is 1. The molecular weight excluding hydrogens is 382 g/mol. The minimum absolute atomic E-state index is 0.121. The molecule has 5 nitrogen and oxygen atoms in total. The number of amides is 1. The maximum Gasteiger partial charge on any atom is 0.416 e. The van der Waals surface area contributed by atoms with Gasteiger partial charge in [0.2, 0.25) is 0 Å². The summed E-state index contributed by atoms with van der Waals surface area (Å²) >= 11 is 0. The van der Waals surface area contributed by atoms with Crippen molar-refractivity contribution in [3.05, 3.63) is 69.8 Å². The van der Waals surface area contributed by atoms with Crippen LogP contribution in [0.15, 0.2) is 51.7 Å². The fourth-order valence-corrected chi connectivity index (χ4v) is 2.53. The molecular formula is C19H13F4NO4. The van der Waals surface area contributed by atoms with Gasteiger partial charge in [-0.15, -0.1) is 0 Å². The van der Waals surface area contributed by atoms with Gasteiger partial charge in [0.15, 0.2) is 11.3 Å². The molecule has 2 aromatic carbocycles. The standard InChI is InChI=1S/C19H13F4NO4/c1-2-27-15-5-3-4-10-8-12(18(26)28-16(10)15)17(25)24-14-9-11(19(21,22)23)6-7-13(14)20/h3-9H,2H2,1H3,(H,24,25). The quantitative estimate of drug-likeness (QED) is 0.518. The molecule has 0 aliphatic rings. The molecule has 3 rings (SSSR count). The SMILES string of the molecule is CCOc1cccc2cc(C(=O)Nc3cc(C(F)(F)F)ccc3F)c(=O)oc12. The van der Waals surface area contributed by atoms with Gasteiger partial charge in [0.25, 0.3) is 5.91 Å². The van der Waals surface area contributed by atoms with Crippen molar-refractivity contribution in [3.63, 3.8) is 0 Å². The van der Waals surface area contributed by atoms with Gasteiger partial charge in [0.1, 0.15) is 11.4 Å². The van der Waals surface area contributed by atoms with E-state index in [4.69, 9.17) is 9.15 Å². The Labute approximate surface area is 155 Å². The molecule has 0 atom stereocenters. The number of ether oxygens (including phenoxy) is 1. The second-order valence-corrected chi connectivity index (χ2v) is 5.70. The molecule has 146 valence electrons. The van der Waals surface area contributed by atoms with Crippen LogP contribution in [0, 0.1) is 5.82 Å². The molecule has 1 N–H and O–H groups in total. The van der Waals surface area contributed by atoms with Crippen LogP contribution in [0.5, 0.6) is 5.75 Å². The first-order valence-electron chi connectivity index (χ1n) is 8.08. The molecule has 0 aliphatic heterocycles. The van der Waals surface area contributed by atoms with Gasteiger partial charge >= 0.3 is 11.8 Å². The molecule has 0 bridgehead atoms. The molecule has 0 aliphatic carbocycles. The summed E-state index contributed by atoms with van der Waals surface area (Å²) in [4.78, 5) is 24.5. The maximum absolute atomic E-state index is 13.8. The summed E-state index contributed by atoms with van der Waals surface area (Å²) in [6, 6.07) is 7.52. The van der Waals surface area contributed by atoms with Gasteiger partial charge in [-0.1, -0.05) is 12.1 Å². The van der Waals surface area contributed by atoms with E-state index in [0.717, 1.165) is 0 Å². The first-order chi connectivity index (χ1) is 13.2. The van der Waals surface area contributed by atoms with Gasteiger partial charge in [0.05, 0.1) is 17.9 Å². The highest BCUT2D eigenvalue weighted by Crippen LogP contribution is 2.32. The Morgan fingerprint density at radius 2 is 1.93 bits per heavy atom. The predicted octanol–water partition coefficient (Wildman–Crippen LogP) is 4.60. The smallest absolute Gasteiger partial charge is 0.416 e. The number of carbonyl (C=O) groups excluding carboxylic acids is 1. The number of anilines is 1. The van der Waals surface area contributed by atoms with E-state index in [1.54, 1.807) is 25.1 Å². The summed E-state index contributed by atoms with van der Waals surface area (Å²) < 4.78 is 62.7. The Kier molecular flexibility index (Phi) is 5.08. The summed E-state index contributed by atoms with van der Waals surface area (Å²) in [5, 5.41) is 2.34. The number of nitrogens with one attached hydrogen (secondary N) is 1. The molecule has 1 aromatic heterocycles. The van der Waals surface area contributed by atoms with Crippen molar-refractivity contribution < 1.29 is 31.5 Å². The van der Waals surface area contributed by atoms with Crippen LogP contribution in [-0.2, 0) is 6.18 Å². The van der Waals surface area contributed by atoms with Crippen LogP contribution in [0.3, 0.4) is 0 Å². The Morgan fingerprint density at radius 1 is 1.18 bits per heavy atom. The van der Waals surface area contributed by atoms with Crippen LogP contribution in [-0.4, -0.2) is 12.5 Å². The van der Waals surface area contributed by atoms with Crippen molar-refractivity contribution in [1.29, 1.82) is 0 Å². The molecule has 3 aromatic rings. The Balaban J connectivity index is 1.99. The minimum atomic E-state index is -4.72.